The lowest BCUT2D eigenvalue weighted by Crippen LogP contribution is -2.57. The van der Waals surface area contributed by atoms with Gasteiger partial charge in [0.1, 0.15) is 0 Å². The largest absolute Gasteiger partial charge is 0.396 e. The van der Waals surface area contributed by atoms with Crippen molar-refractivity contribution in [3.05, 3.63) is 0 Å². The number of rotatable bonds is 5. The lowest BCUT2D eigenvalue weighted by Gasteiger charge is -2.47. The molecule has 2 bridgehead atoms. The first kappa shape index (κ1) is 21.2. The van der Waals surface area contributed by atoms with Gasteiger partial charge in [-0.2, -0.15) is 0 Å². The molecule has 5 nitrogen and oxygen atoms in total. The van der Waals surface area contributed by atoms with Crippen LogP contribution in [0.4, 0.5) is 0 Å². The molecule has 3 fully saturated rings. The summed E-state index contributed by atoms with van der Waals surface area (Å²) >= 11 is 0. The number of halogens is 1. The molecule has 0 radical (unpaired) electrons. The molecular weight excluding hydrogens is 427 g/mol. The highest BCUT2D eigenvalue weighted by atomic mass is 127. The first-order chi connectivity index (χ1) is 11.7. The van der Waals surface area contributed by atoms with Crippen LogP contribution < -0.4 is 10.6 Å². The predicted octanol–water partition coefficient (Wildman–Crippen LogP) is 2.73. The van der Waals surface area contributed by atoms with E-state index in [1.54, 1.807) is 0 Å². The molecule has 0 spiro atoms. The number of nitrogens with zero attached hydrogens (tertiary/aromatic N) is 2. The van der Waals surface area contributed by atoms with E-state index in [0.29, 0.717) is 12.6 Å². The molecule has 6 heteroatoms. The fourth-order valence-corrected chi connectivity index (χ4v) is 5.27. The van der Waals surface area contributed by atoms with Gasteiger partial charge in [-0.25, -0.2) is 0 Å². The van der Waals surface area contributed by atoms with Gasteiger partial charge in [0.05, 0.1) is 0 Å². The van der Waals surface area contributed by atoms with Crippen LogP contribution in [-0.2, 0) is 0 Å². The average Bonchev–Trinajstić information content (AvgIpc) is 3.01. The monoisotopic (exact) mass is 464 g/mol. The lowest BCUT2D eigenvalue weighted by atomic mass is 9.82. The van der Waals surface area contributed by atoms with Crippen LogP contribution in [0, 0.1) is 5.41 Å². The van der Waals surface area contributed by atoms with Gasteiger partial charge in [-0.05, 0) is 57.4 Å². The molecule has 2 unspecified atom stereocenters. The molecule has 3 N–H and O–H groups in total. The molecule has 0 aromatic carbocycles. The van der Waals surface area contributed by atoms with E-state index in [4.69, 9.17) is 0 Å². The summed E-state index contributed by atoms with van der Waals surface area (Å²) in [7, 11) is 4.18. The van der Waals surface area contributed by atoms with Crippen LogP contribution in [0.5, 0.6) is 0 Å². The lowest BCUT2D eigenvalue weighted by molar-refractivity contribution is 0.0526. The fourth-order valence-electron chi connectivity index (χ4n) is 5.27. The van der Waals surface area contributed by atoms with E-state index in [9.17, 15) is 5.11 Å². The van der Waals surface area contributed by atoms with Gasteiger partial charge in [0.15, 0.2) is 5.96 Å². The summed E-state index contributed by atoms with van der Waals surface area (Å²) in [5.41, 5.74) is 0.273. The molecule has 25 heavy (non-hydrogen) atoms. The highest BCUT2D eigenvalue weighted by Gasteiger charge is 2.37. The molecule has 0 aromatic heterocycles. The molecule has 2 atom stereocenters. The third-order valence-electron chi connectivity index (χ3n) is 6.84. The van der Waals surface area contributed by atoms with Gasteiger partial charge in [-0.1, -0.05) is 19.3 Å². The number of aliphatic hydroxyl groups excluding tert-OH is 1. The van der Waals surface area contributed by atoms with Crippen molar-refractivity contribution in [3.8, 4) is 0 Å². The molecule has 1 aliphatic carbocycles. The van der Waals surface area contributed by atoms with Crippen LogP contribution in [0.1, 0.15) is 64.2 Å². The number of aliphatic hydroxyl groups is 1. The van der Waals surface area contributed by atoms with Crippen LogP contribution in [0.15, 0.2) is 4.99 Å². The maximum absolute atomic E-state index is 9.41. The van der Waals surface area contributed by atoms with Crippen molar-refractivity contribution in [1.29, 1.82) is 0 Å². The summed E-state index contributed by atoms with van der Waals surface area (Å²) in [5.74, 6) is 0.951. The molecule has 2 aliphatic heterocycles. The van der Waals surface area contributed by atoms with Crippen LogP contribution in [-0.4, -0.2) is 61.3 Å². The van der Waals surface area contributed by atoms with E-state index in [-0.39, 0.29) is 29.4 Å². The van der Waals surface area contributed by atoms with Crippen molar-refractivity contribution < 1.29 is 5.11 Å². The molecule has 3 rings (SSSR count). The Morgan fingerprint density at radius 3 is 2.36 bits per heavy atom. The number of nitrogens with one attached hydrogen (secondary N) is 2. The van der Waals surface area contributed by atoms with Crippen molar-refractivity contribution >= 4 is 29.9 Å². The standard InChI is InChI=1S/C19H36N4O.HI/c1-20-18(21-14-19(10-11-24)8-3-4-9-19)22-15-12-16-6-5-7-17(13-15)23(16)2;/h15-17,24H,3-14H2,1-2H3,(H2,20,21,22);1H. The Morgan fingerprint density at radius 1 is 1.16 bits per heavy atom. The van der Waals surface area contributed by atoms with E-state index in [0.717, 1.165) is 31.0 Å². The minimum Gasteiger partial charge on any atom is -0.396 e. The van der Waals surface area contributed by atoms with Gasteiger partial charge in [-0.15, -0.1) is 24.0 Å². The molecule has 0 aromatic rings. The zero-order valence-corrected chi connectivity index (χ0v) is 18.3. The number of fused-ring (bicyclic) bond motifs is 2. The summed E-state index contributed by atoms with van der Waals surface area (Å²) in [5, 5.41) is 16.7. The van der Waals surface area contributed by atoms with Crippen molar-refractivity contribution in [2.75, 3.05) is 27.2 Å². The fraction of sp³-hybridized carbons (Fsp3) is 0.947. The quantitative estimate of drug-likeness (QED) is 0.333. The van der Waals surface area contributed by atoms with Gasteiger partial charge >= 0.3 is 0 Å². The average molecular weight is 464 g/mol. The highest BCUT2D eigenvalue weighted by molar-refractivity contribution is 14.0. The molecule has 146 valence electrons. The second-order valence-corrected chi connectivity index (χ2v) is 8.32. The Labute approximate surface area is 170 Å². The van der Waals surface area contributed by atoms with Crippen LogP contribution >= 0.6 is 24.0 Å². The summed E-state index contributed by atoms with van der Waals surface area (Å²) < 4.78 is 0. The second kappa shape index (κ2) is 9.74. The summed E-state index contributed by atoms with van der Waals surface area (Å²) in [6, 6.07) is 2.02. The predicted molar refractivity (Wildman–Crippen MR) is 115 cm³/mol. The molecule has 3 aliphatic rings. The maximum atomic E-state index is 9.41. The highest BCUT2D eigenvalue weighted by Crippen LogP contribution is 2.40. The summed E-state index contributed by atoms with van der Waals surface area (Å²) in [4.78, 5) is 7.07. The van der Waals surface area contributed by atoms with Crippen molar-refractivity contribution in [1.82, 2.24) is 15.5 Å². The maximum Gasteiger partial charge on any atom is 0.191 e. The molecule has 0 amide bonds. The first-order valence-corrected chi connectivity index (χ1v) is 9.96. The third kappa shape index (κ3) is 5.22. The SMILES string of the molecule is CN=C(NCC1(CCO)CCCC1)NC1CC2CCCC(C1)N2C.I. The Balaban J connectivity index is 0.00000225. The normalized spacial score (nSPS) is 32.1. The van der Waals surface area contributed by atoms with Gasteiger partial charge in [0.25, 0.3) is 0 Å². The van der Waals surface area contributed by atoms with Crippen LogP contribution in [0.3, 0.4) is 0 Å². The van der Waals surface area contributed by atoms with Crippen molar-refractivity contribution in [2.24, 2.45) is 10.4 Å². The summed E-state index contributed by atoms with van der Waals surface area (Å²) in [6.07, 6.45) is 12.5. The number of aliphatic imine (C=N–C) groups is 1. The van der Waals surface area contributed by atoms with Crippen LogP contribution in [0.2, 0.25) is 0 Å². The zero-order valence-electron chi connectivity index (χ0n) is 16.0. The van der Waals surface area contributed by atoms with E-state index < -0.39 is 0 Å². The van der Waals surface area contributed by atoms with Gasteiger partial charge in [0.2, 0.25) is 0 Å². The van der Waals surface area contributed by atoms with E-state index in [1.165, 1.54) is 57.8 Å². The number of guanidine groups is 1. The van der Waals surface area contributed by atoms with Gasteiger partial charge in [0, 0.05) is 38.3 Å². The summed E-state index contributed by atoms with van der Waals surface area (Å²) in [6.45, 7) is 1.23. The third-order valence-corrected chi connectivity index (χ3v) is 6.84. The Hall–Kier alpha value is -0.0800. The number of hydrogen-bond donors (Lipinski definition) is 3. The van der Waals surface area contributed by atoms with Crippen molar-refractivity contribution in [3.63, 3.8) is 0 Å². The van der Waals surface area contributed by atoms with E-state index >= 15 is 0 Å². The topological polar surface area (TPSA) is 59.9 Å². The molecule has 2 saturated heterocycles. The van der Waals surface area contributed by atoms with Gasteiger partial charge < -0.3 is 20.6 Å². The Bertz CT molecular complexity index is 425. The van der Waals surface area contributed by atoms with E-state index in [1.807, 2.05) is 7.05 Å². The zero-order chi connectivity index (χ0) is 17.0. The Morgan fingerprint density at radius 2 is 1.80 bits per heavy atom. The molecule has 1 saturated carbocycles. The minimum absolute atomic E-state index is 0. The minimum atomic E-state index is 0. The molecule has 2 heterocycles. The van der Waals surface area contributed by atoms with E-state index in [2.05, 4.69) is 27.6 Å². The Kier molecular flexibility index (Phi) is 8.27. The second-order valence-electron chi connectivity index (χ2n) is 8.32. The molecular formula is C19H37IN4O. The van der Waals surface area contributed by atoms with Gasteiger partial charge in [-0.3, -0.25) is 4.99 Å². The first-order valence-electron chi connectivity index (χ1n) is 9.96. The van der Waals surface area contributed by atoms with Crippen molar-refractivity contribution in [2.45, 2.75) is 82.3 Å². The smallest absolute Gasteiger partial charge is 0.191 e. The number of hydrogen-bond acceptors (Lipinski definition) is 3. The number of piperidine rings is 2. The van der Waals surface area contributed by atoms with Crippen LogP contribution in [0.25, 0.3) is 0 Å².